The van der Waals surface area contributed by atoms with Gasteiger partial charge >= 0.3 is 5.97 Å². The minimum absolute atomic E-state index is 0.0963. The molecule has 2 aromatic carbocycles. The molecule has 1 aliphatic heterocycles. The molecule has 0 aromatic heterocycles. The van der Waals surface area contributed by atoms with E-state index in [0.29, 0.717) is 6.42 Å². The van der Waals surface area contributed by atoms with Gasteiger partial charge in [-0.1, -0.05) is 48.5 Å². The zero-order valence-corrected chi connectivity index (χ0v) is 12.3. The smallest absolute Gasteiger partial charge is 0.314 e. The monoisotopic (exact) mass is 281 g/mol. The van der Waals surface area contributed by atoms with E-state index in [-0.39, 0.29) is 12.0 Å². The molecular weight excluding hydrogens is 262 g/mol. The van der Waals surface area contributed by atoms with Crippen LogP contribution in [0.4, 0.5) is 5.69 Å². The van der Waals surface area contributed by atoms with Gasteiger partial charge in [-0.05, 0) is 30.5 Å². The van der Waals surface area contributed by atoms with Crippen LogP contribution in [-0.2, 0) is 16.0 Å². The number of carbonyl (C=O) groups excluding carboxylic acids is 1. The number of hydrogen-bond donors (Lipinski definition) is 1. The van der Waals surface area contributed by atoms with Crippen LogP contribution in [0.5, 0.6) is 0 Å². The molecule has 0 radical (unpaired) electrons. The number of hydrogen-bond acceptors (Lipinski definition) is 3. The average molecular weight is 281 g/mol. The van der Waals surface area contributed by atoms with E-state index in [1.165, 1.54) is 7.11 Å². The first kappa shape index (κ1) is 13.7. The molecule has 0 unspecified atom stereocenters. The highest BCUT2D eigenvalue weighted by atomic mass is 16.5. The van der Waals surface area contributed by atoms with Crippen LogP contribution in [-0.4, -0.2) is 13.1 Å². The van der Waals surface area contributed by atoms with Crippen molar-refractivity contribution in [2.45, 2.75) is 19.4 Å². The molecule has 2 aromatic rings. The molecule has 0 fully saturated rings. The predicted molar refractivity (Wildman–Crippen MR) is 83.1 cm³/mol. The third-order valence-electron chi connectivity index (χ3n) is 4.30. The molecule has 3 heteroatoms. The SMILES string of the molecule is COC(=O)[C@]1(C)Cc2ccccc2N[C@H]1c1ccccc1. The van der Waals surface area contributed by atoms with E-state index in [9.17, 15) is 4.79 Å². The fraction of sp³-hybridized carbons (Fsp3) is 0.278. The van der Waals surface area contributed by atoms with E-state index in [4.69, 9.17) is 4.74 Å². The maximum atomic E-state index is 12.4. The lowest BCUT2D eigenvalue weighted by Gasteiger charge is -2.41. The van der Waals surface area contributed by atoms with Crippen molar-refractivity contribution in [3.05, 3.63) is 65.7 Å². The van der Waals surface area contributed by atoms with Crippen molar-refractivity contribution in [3.8, 4) is 0 Å². The molecule has 3 rings (SSSR count). The fourth-order valence-corrected chi connectivity index (χ4v) is 3.15. The van der Waals surface area contributed by atoms with Gasteiger partial charge in [0.25, 0.3) is 0 Å². The second kappa shape index (κ2) is 5.24. The largest absolute Gasteiger partial charge is 0.469 e. The maximum absolute atomic E-state index is 12.4. The Hall–Kier alpha value is -2.29. The molecular formula is C18H19NO2. The topological polar surface area (TPSA) is 38.3 Å². The van der Waals surface area contributed by atoms with Crippen LogP contribution in [0.15, 0.2) is 54.6 Å². The van der Waals surface area contributed by atoms with Gasteiger partial charge in [0, 0.05) is 5.69 Å². The third kappa shape index (κ3) is 2.29. The Balaban J connectivity index is 2.09. The van der Waals surface area contributed by atoms with Gasteiger partial charge in [-0.25, -0.2) is 0 Å². The van der Waals surface area contributed by atoms with Crippen LogP contribution >= 0.6 is 0 Å². The van der Waals surface area contributed by atoms with E-state index in [2.05, 4.69) is 17.4 Å². The van der Waals surface area contributed by atoms with Gasteiger partial charge in [-0.3, -0.25) is 4.79 Å². The Bertz CT molecular complexity index is 653. The van der Waals surface area contributed by atoms with Crippen LogP contribution < -0.4 is 5.32 Å². The molecule has 108 valence electrons. The van der Waals surface area contributed by atoms with Crippen molar-refractivity contribution >= 4 is 11.7 Å². The molecule has 2 atom stereocenters. The molecule has 0 saturated heterocycles. The molecule has 0 amide bonds. The van der Waals surface area contributed by atoms with E-state index in [1.54, 1.807) is 0 Å². The molecule has 21 heavy (non-hydrogen) atoms. The van der Waals surface area contributed by atoms with Gasteiger partial charge in [0.2, 0.25) is 0 Å². The average Bonchev–Trinajstić information content (AvgIpc) is 2.54. The first-order valence-electron chi connectivity index (χ1n) is 7.13. The van der Waals surface area contributed by atoms with Crippen LogP contribution in [0.25, 0.3) is 0 Å². The van der Waals surface area contributed by atoms with Crippen molar-refractivity contribution in [2.24, 2.45) is 5.41 Å². The highest BCUT2D eigenvalue weighted by Gasteiger charge is 2.46. The zero-order valence-electron chi connectivity index (χ0n) is 12.3. The molecule has 1 aliphatic rings. The number of anilines is 1. The Kier molecular flexibility index (Phi) is 3.42. The number of rotatable bonds is 2. The summed E-state index contributed by atoms with van der Waals surface area (Å²) in [7, 11) is 1.45. The van der Waals surface area contributed by atoms with Crippen LogP contribution in [0, 0.1) is 5.41 Å². The number of benzene rings is 2. The van der Waals surface area contributed by atoms with E-state index < -0.39 is 5.41 Å². The van der Waals surface area contributed by atoms with Crippen molar-refractivity contribution in [1.82, 2.24) is 0 Å². The molecule has 0 spiro atoms. The highest BCUT2D eigenvalue weighted by molar-refractivity contribution is 5.80. The second-order valence-corrected chi connectivity index (χ2v) is 5.73. The van der Waals surface area contributed by atoms with Crippen molar-refractivity contribution < 1.29 is 9.53 Å². The first-order valence-corrected chi connectivity index (χ1v) is 7.13. The third-order valence-corrected chi connectivity index (χ3v) is 4.30. The molecule has 0 saturated carbocycles. The van der Waals surface area contributed by atoms with E-state index in [1.807, 2.05) is 49.4 Å². The number of nitrogens with one attached hydrogen (secondary N) is 1. The van der Waals surface area contributed by atoms with Crippen LogP contribution in [0.2, 0.25) is 0 Å². The molecule has 3 nitrogen and oxygen atoms in total. The van der Waals surface area contributed by atoms with Gasteiger partial charge in [0.15, 0.2) is 0 Å². The minimum atomic E-state index is -0.621. The Morgan fingerprint density at radius 1 is 1.14 bits per heavy atom. The van der Waals surface area contributed by atoms with E-state index >= 15 is 0 Å². The summed E-state index contributed by atoms with van der Waals surface area (Å²) in [6.07, 6.45) is 0.669. The van der Waals surface area contributed by atoms with Crippen molar-refractivity contribution in [3.63, 3.8) is 0 Å². The van der Waals surface area contributed by atoms with E-state index in [0.717, 1.165) is 16.8 Å². The normalized spacial score (nSPS) is 23.8. The molecule has 0 bridgehead atoms. The van der Waals surface area contributed by atoms with Crippen LogP contribution in [0.1, 0.15) is 24.1 Å². The molecule has 1 N–H and O–H groups in total. The van der Waals surface area contributed by atoms with Crippen LogP contribution in [0.3, 0.4) is 0 Å². The van der Waals surface area contributed by atoms with Gasteiger partial charge in [-0.15, -0.1) is 0 Å². The van der Waals surface area contributed by atoms with Gasteiger partial charge in [0.1, 0.15) is 0 Å². The molecule has 1 heterocycles. The summed E-state index contributed by atoms with van der Waals surface area (Å²) in [5.74, 6) is -0.182. The summed E-state index contributed by atoms with van der Waals surface area (Å²) in [6, 6.07) is 18.1. The molecule has 0 aliphatic carbocycles. The number of methoxy groups -OCH3 is 1. The predicted octanol–water partition coefficient (Wildman–Crippen LogP) is 3.58. The summed E-state index contributed by atoms with van der Waals surface area (Å²) in [6.45, 7) is 1.97. The standard InChI is InChI=1S/C18H19NO2/c1-18(17(20)21-2)12-14-10-6-7-11-15(14)19-16(18)13-8-4-3-5-9-13/h3-11,16,19H,12H2,1-2H3/t16-,18+/m0/s1. The Labute approximate surface area is 124 Å². The number of carbonyl (C=O) groups is 1. The first-order chi connectivity index (χ1) is 10.1. The highest BCUT2D eigenvalue weighted by Crippen LogP contribution is 2.45. The second-order valence-electron chi connectivity index (χ2n) is 5.73. The Morgan fingerprint density at radius 3 is 2.52 bits per heavy atom. The summed E-state index contributed by atoms with van der Waals surface area (Å²) in [5, 5.41) is 3.52. The Morgan fingerprint density at radius 2 is 1.81 bits per heavy atom. The van der Waals surface area contributed by atoms with Crippen molar-refractivity contribution in [1.29, 1.82) is 0 Å². The number of fused-ring (bicyclic) bond motifs is 1. The zero-order chi connectivity index (χ0) is 14.9. The van der Waals surface area contributed by atoms with Crippen molar-refractivity contribution in [2.75, 3.05) is 12.4 Å². The number of ether oxygens (including phenoxy) is 1. The van der Waals surface area contributed by atoms with Gasteiger partial charge < -0.3 is 10.1 Å². The van der Waals surface area contributed by atoms with Gasteiger partial charge in [0.05, 0.1) is 18.6 Å². The minimum Gasteiger partial charge on any atom is -0.469 e. The fourth-order valence-electron chi connectivity index (χ4n) is 3.15. The lowest BCUT2D eigenvalue weighted by molar-refractivity contribution is -0.153. The maximum Gasteiger partial charge on any atom is 0.314 e. The lowest BCUT2D eigenvalue weighted by Crippen LogP contribution is -2.44. The summed E-state index contributed by atoms with van der Waals surface area (Å²) < 4.78 is 5.08. The summed E-state index contributed by atoms with van der Waals surface area (Å²) in [5.41, 5.74) is 2.72. The van der Waals surface area contributed by atoms with Gasteiger partial charge in [-0.2, -0.15) is 0 Å². The number of para-hydroxylation sites is 1. The summed E-state index contributed by atoms with van der Waals surface area (Å²) >= 11 is 0. The lowest BCUT2D eigenvalue weighted by atomic mass is 9.71. The quantitative estimate of drug-likeness (QED) is 0.855. The number of esters is 1. The summed E-state index contributed by atoms with van der Waals surface area (Å²) in [4.78, 5) is 12.4.